The Morgan fingerprint density at radius 2 is 2.07 bits per heavy atom. The summed E-state index contributed by atoms with van der Waals surface area (Å²) in [5, 5.41) is 9.48. The summed E-state index contributed by atoms with van der Waals surface area (Å²) in [6.45, 7) is 4.64. The highest BCUT2D eigenvalue weighted by atomic mass is 32.2. The molecule has 1 fully saturated rings. The van der Waals surface area contributed by atoms with Gasteiger partial charge in [0.2, 0.25) is 10.0 Å². The number of aliphatic hydroxyl groups excluding tert-OH is 1. The Bertz CT molecular complexity index is 266. The zero-order chi connectivity index (χ0) is 10.8. The van der Waals surface area contributed by atoms with Crippen LogP contribution in [0, 0.1) is 5.92 Å². The van der Waals surface area contributed by atoms with Crippen LogP contribution in [0.4, 0.5) is 0 Å². The van der Waals surface area contributed by atoms with E-state index in [-0.39, 0.29) is 18.2 Å². The number of rotatable bonds is 3. The fourth-order valence-corrected chi connectivity index (χ4v) is 3.54. The number of hydrogen-bond acceptors (Lipinski definition) is 3. The maximum atomic E-state index is 11.7. The van der Waals surface area contributed by atoms with Crippen LogP contribution in [-0.4, -0.2) is 42.8 Å². The smallest absolute Gasteiger partial charge is 0.214 e. The summed E-state index contributed by atoms with van der Waals surface area (Å²) in [6, 6.07) is 0. The lowest BCUT2D eigenvalue weighted by molar-refractivity contribution is 0.0821. The van der Waals surface area contributed by atoms with Gasteiger partial charge in [0.15, 0.2) is 0 Å². The molecule has 0 radical (unpaired) electrons. The molecular weight excluding hydrogens is 202 g/mol. The van der Waals surface area contributed by atoms with Gasteiger partial charge in [-0.25, -0.2) is 8.42 Å². The maximum Gasteiger partial charge on any atom is 0.214 e. The van der Waals surface area contributed by atoms with E-state index in [0.717, 1.165) is 0 Å². The molecular formula is C9H19NO3S. The first-order valence-corrected chi connectivity index (χ1v) is 6.72. The molecule has 1 rings (SSSR count). The predicted molar refractivity (Wildman–Crippen MR) is 55.4 cm³/mol. The van der Waals surface area contributed by atoms with Gasteiger partial charge in [0.25, 0.3) is 0 Å². The van der Waals surface area contributed by atoms with Gasteiger partial charge >= 0.3 is 0 Å². The molecule has 1 aliphatic heterocycles. The van der Waals surface area contributed by atoms with E-state index in [9.17, 15) is 13.5 Å². The van der Waals surface area contributed by atoms with Gasteiger partial charge in [-0.15, -0.1) is 0 Å². The molecule has 1 aliphatic rings. The van der Waals surface area contributed by atoms with E-state index in [2.05, 4.69) is 0 Å². The van der Waals surface area contributed by atoms with Gasteiger partial charge < -0.3 is 5.11 Å². The molecule has 0 saturated carbocycles. The summed E-state index contributed by atoms with van der Waals surface area (Å²) in [7, 11) is -3.13. The summed E-state index contributed by atoms with van der Waals surface area (Å²) in [5.74, 6) is 0.442. The minimum Gasteiger partial charge on any atom is -0.392 e. The Morgan fingerprint density at radius 1 is 1.43 bits per heavy atom. The topological polar surface area (TPSA) is 57.6 Å². The van der Waals surface area contributed by atoms with Gasteiger partial charge in [-0.2, -0.15) is 4.31 Å². The van der Waals surface area contributed by atoms with Crippen LogP contribution in [-0.2, 0) is 10.0 Å². The van der Waals surface area contributed by atoms with E-state index >= 15 is 0 Å². The molecule has 4 nitrogen and oxygen atoms in total. The molecule has 0 aromatic heterocycles. The predicted octanol–water partition coefficient (Wildman–Crippen LogP) is 0.429. The van der Waals surface area contributed by atoms with Crippen molar-refractivity contribution in [3.8, 4) is 0 Å². The van der Waals surface area contributed by atoms with Gasteiger partial charge in [-0.3, -0.25) is 0 Å². The van der Waals surface area contributed by atoms with Crippen LogP contribution >= 0.6 is 0 Å². The lowest BCUT2D eigenvalue weighted by atomic mass is 10.00. The van der Waals surface area contributed by atoms with Crippen LogP contribution < -0.4 is 0 Å². The molecule has 1 N–H and O–H groups in total. The highest BCUT2D eigenvalue weighted by Crippen LogP contribution is 2.19. The third kappa shape index (κ3) is 2.93. The molecule has 0 amide bonds. The molecule has 84 valence electrons. The molecule has 0 aliphatic carbocycles. The largest absolute Gasteiger partial charge is 0.392 e. The summed E-state index contributed by atoms with van der Waals surface area (Å²) >= 11 is 0. The average Bonchev–Trinajstić information content (AvgIpc) is 2.02. The molecule has 0 unspecified atom stereocenters. The molecule has 1 heterocycles. The standard InChI is InChI=1S/C9H19NO3S/c1-3-4-14(12,13)10-6-8(2)5-9(11)7-10/h8-9,11H,3-7H2,1-2H3/t8-,9+/m0/s1. The second-order valence-corrected chi connectivity index (χ2v) is 6.22. The number of β-amino-alcohol motifs (C(OH)–C–C–N with tert-alkyl or cyclic N) is 1. The van der Waals surface area contributed by atoms with Crippen LogP contribution in [0.2, 0.25) is 0 Å². The molecule has 5 heteroatoms. The van der Waals surface area contributed by atoms with Gasteiger partial charge in [0.05, 0.1) is 11.9 Å². The van der Waals surface area contributed by atoms with Gasteiger partial charge in [0, 0.05) is 13.1 Å². The number of nitrogens with zero attached hydrogens (tertiary/aromatic N) is 1. The Labute approximate surface area is 86.0 Å². The SMILES string of the molecule is CCCS(=O)(=O)N1C[C@@H](C)C[C@@H](O)C1. The first-order valence-electron chi connectivity index (χ1n) is 5.11. The minimum absolute atomic E-state index is 0.187. The Morgan fingerprint density at radius 3 is 2.57 bits per heavy atom. The Kier molecular flexibility index (Phi) is 3.92. The van der Waals surface area contributed by atoms with Crippen molar-refractivity contribution < 1.29 is 13.5 Å². The van der Waals surface area contributed by atoms with Crippen LogP contribution in [0.15, 0.2) is 0 Å². The van der Waals surface area contributed by atoms with Crippen molar-refractivity contribution >= 4 is 10.0 Å². The van der Waals surface area contributed by atoms with Crippen LogP contribution in [0.5, 0.6) is 0 Å². The van der Waals surface area contributed by atoms with E-state index in [1.165, 1.54) is 4.31 Å². The third-order valence-corrected chi connectivity index (χ3v) is 4.47. The lowest BCUT2D eigenvalue weighted by Gasteiger charge is -2.33. The van der Waals surface area contributed by atoms with E-state index in [0.29, 0.717) is 19.4 Å². The van der Waals surface area contributed by atoms with Gasteiger partial charge in [-0.05, 0) is 18.8 Å². The van der Waals surface area contributed by atoms with E-state index in [1.807, 2.05) is 13.8 Å². The number of aliphatic hydroxyl groups is 1. The minimum atomic E-state index is -3.13. The van der Waals surface area contributed by atoms with Gasteiger partial charge in [-0.1, -0.05) is 13.8 Å². The highest BCUT2D eigenvalue weighted by molar-refractivity contribution is 7.89. The van der Waals surface area contributed by atoms with E-state index in [1.54, 1.807) is 0 Å². The number of hydrogen-bond donors (Lipinski definition) is 1. The van der Waals surface area contributed by atoms with E-state index in [4.69, 9.17) is 0 Å². The van der Waals surface area contributed by atoms with Crippen molar-refractivity contribution in [2.24, 2.45) is 5.92 Å². The highest BCUT2D eigenvalue weighted by Gasteiger charge is 2.30. The second kappa shape index (κ2) is 4.59. The monoisotopic (exact) mass is 221 g/mol. The number of sulfonamides is 1. The molecule has 0 spiro atoms. The summed E-state index contributed by atoms with van der Waals surface area (Å²) < 4.78 is 24.8. The van der Waals surface area contributed by atoms with Crippen molar-refractivity contribution in [2.75, 3.05) is 18.8 Å². The zero-order valence-electron chi connectivity index (χ0n) is 8.81. The zero-order valence-corrected chi connectivity index (χ0v) is 9.63. The maximum absolute atomic E-state index is 11.7. The van der Waals surface area contributed by atoms with Crippen molar-refractivity contribution in [3.63, 3.8) is 0 Å². The Balaban J connectivity index is 2.68. The molecule has 14 heavy (non-hydrogen) atoms. The molecule has 2 atom stereocenters. The summed E-state index contributed by atoms with van der Waals surface area (Å²) in [6.07, 6.45) is 0.840. The Hall–Kier alpha value is -0.130. The van der Waals surface area contributed by atoms with Gasteiger partial charge in [0.1, 0.15) is 0 Å². The van der Waals surface area contributed by atoms with E-state index < -0.39 is 16.1 Å². The number of piperidine rings is 1. The van der Waals surface area contributed by atoms with Crippen molar-refractivity contribution in [1.29, 1.82) is 0 Å². The molecule has 1 saturated heterocycles. The van der Waals surface area contributed by atoms with Crippen molar-refractivity contribution in [3.05, 3.63) is 0 Å². The summed E-state index contributed by atoms with van der Waals surface area (Å²) in [5.41, 5.74) is 0. The third-order valence-electron chi connectivity index (χ3n) is 2.46. The molecule has 0 aromatic carbocycles. The molecule has 0 aromatic rings. The van der Waals surface area contributed by atoms with Crippen molar-refractivity contribution in [1.82, 2.24) is 4.31 Å². The second-order valence-electron chi connectivity index (χ2n) is 4.13. The van der Waals surface area contributed by atoms with Crippen LogP contribution in [0.25, 0.3) is 0 Å². The first kappa shape index (κ1) is 11.9. The molecule has 0 bridgehead atoms. The lowest BCUT2D eigenvalue weighted by Crippen LogP contribution is -2.46. The van der Waals surface area contributed by atoms with Crippen molar-refractivity contribution in [2.45, 2.75) is 32.8 Å². The fraction of sp³-hybridized carbons (Fsp3) is 1.00. The fourth-order valence-electron chi connectivity index (χ4n) is 1.88. The average molecular weight is 221 g/mol. The first-order chi connectivity index (χ1) is 6.45. The van der Waals surface area contributed by atoms with Crippen LogP contribution in [0.1, 0.15) is 26.7 Å². The van der Waals surface area contributed by atoms with Crippen LogP contribution in [0.3, 0.4) is 0 Å². The summed E-state index contributed by atoms with van der Waals surface area (Å²) in [4.78, 5) is 0. The quantitative estimate of drug-likeness (QED) is 0.752. The normalized spacial score (nSPS) is 30.5.